The number of nitrogens with zero attached hydrogens (tertiary/aromatic N) is 4. The molecule has 0 saturated carbocycles. The van der Waals surface area contributed by atoms with Gasteiger partial charge in [0.2, 0.25) is 0 Å². The summed E-state index contributed by atoms with van der Waals surface area (Å²) in [5.74, 6) is 0.726. The number of fused-ring (bicyclic) bond motifs is 1. The van der Waals surface area contributed by atoms with Gasteiger partial charge >= 0.3 is 0 Å². The second kappa shape index (κ2) is 4.14. The van der Waals surface area contributed by atoms with Crippen LogP contribution in [-0.4, -0.2) is 25.6 Å². The third-order valence-electron chi connectivity index (χ3n) is 3.16. The van der Waals surface area contributed by atoms with Crippen molar-refractivity contribution in [3.05, 3.63) is 41.6 Å². The van der Waals surface area contributed by atoms with Crippen LogP contribution in [0.15, 0.2) is 29.9 Å². The Hall–Kier alpha value is -2.37. The first kappa shape index (κ1) is 10.8. The van der Waals surface area contributed by atoms with Gasteiger partial charge in [0.15, 0.2) is 5.84 Å². The molecule has 0 spiro atoms. The van der Waals surface area contributed by atoms with E-state index < -0.39 is 0 Å². The molecule has 0 amide bonds. The van der Waals surface area contributed by atoms with Crippen LogP contribution in [0.25, 0.3) is 5.82 Å². The number of imidazole rings is 1. The van der Waals surface area contributed by atoms with Crippen molar-refractivity contribution in [2.24, 2.45) is 10.9 Å². The predicted molar refractivity (Wildman–Crippen MR) is 65.9 cm³/mol. The summed E-state index contributed by atoms with van der Waals surface area (Å²) in [5, 5.41) is 11.9. The standard InChI is InChI=1S/C12H13N5O/c13-11(16-18)9-6-8-2-1-3-10(8)15-12(9)17-5-4-14-7-17/h4-7,18H,1-3H2,(H2,13,16). The van der Waals surface area contributed by atoms with Crippen LogP contribution in [0.5, 0.6) is 0 Å². The quantitative estimate of drug-likeness (QED) is 0.354. The molecule has 18 heavy (non-hydrogen) atoms. The highest BCUT2D eigenvalue weighted by Gasteiger charge is 2.19. The van der Waals surface area contributed by atoms with E-state index in [1.54, 1.807) is 23.3 Å². The average Bonchev–Trinajstić information content (AvgIpc) is 3.06. The second-order valence-corrected chi connectivity index (χ2v) is 4.27. The van der Waals surface area contributed by atoms with E-state index in [9.17, 15) is 0 Å². The molecule has 0 radical (unpaired) electrons. The molecule has 0 bridgehead atoms. The second-order valence-electron chi connectivity index (χ2n) is 4.27. The van der Waals surface area contributed by atoms with Crippen molar-refractivity contribution in [1.82, 2.24) is 14.5 Å². The number of aromatic nitrogens is 3. The Bertz CT molecular complexity index is 603. The summed E-state index contributed by atoms with van der Waals surface area (Å²) < 4.78 is 1.77. The highest BCUT2D eigenvalue weighted by atomic mass is 16.4. The Morgan fingerprint density at radius 1 is 1.44 bits per heavy atom. The van der Waals surface area contributed by atoms with Crippen LogP contribution in [-0.2, 0) is 12.8 Å². The lowest BCUT2D eigenvalue weighted by molar-refractivity contribution is 0.318. The summed E-state index contributed by atoms with van der Waals surface area (Å²) >= 11 is 0. The van der Waals surface area contributed by atoms with Crippen molar-refractivity contribution in [2.75, 3.05) is 0 Å². The predicted octanol–water partition coefficient (Wildman–Crippen LogP) is 0.850. The molecule has 92 valence electrons. The topological polar surface area (TPSA) is 89.3 Å². The fraction of sp³-hybridized carbons (Fsp3) is 0.250. The van der Waals surface area contributed by atoms with Gasteiger partial charge < -0.3 is 10.9 Å². The van der Waals surface area contributed by atoms with Gasteiger partial charge in [0.05, 0.1) is 5.56 Å². The highest BCUT2D eigenvalue weighted by Crippen LogP contribution is 2.24. The van der Waals surface area contributed by atoms with E-state index in [0.717, 1.165) is 25.0 Å². The molecule has 0 fully saturated rings. The van der Waals surface area contributed by atoms with E-state index in [-0.39, 0.29) is 5.84 Å². The number of aryl methyl sites for hydroxylation is 2. The molecule has 0 aliphatic heterocycles. The van der Waals surface area contributed by atoms with Crippen LogP contribution < -0.4 is 5.73 Å². The van der Waals surface area contributed by atoms with Crippen molar-refractivity contribution in [1.29, 1.82) is 0 Å². The van der Waals surface area contributed by atoms with Gasteiger partial charge in [-0.3, -0.25) is 4.57 Å². The Morgan fingerprint density at radius 2 is 2.33 bits per heavy atom. The Morgan fingerprint density at radius 3 is 3.06 bits per heavy atom. The molecular formula is C12H13N5O. The molecule has 0 aromatic carbocycles. The summed E-state index contributed by atoms with van der Waals surface area (Å²) in [5.41, 5.74) is 8.63. The molecule has 0 saturated heterocycles. The fourth-order valence-electron chi connectivity index (χ4n) is 2.28. The molecule has 3 rings (SSSR count). The van der Waals surface area contributed by atoms with Crippen molar-refractivity contribution in [3.63, 3.8) is 0 Å². The maximum Gasteiger partial charge on any atom is 0.173 e. The van der Waals surface area contributed by atoms with E-state index in [1.165, 1.54) is 5.56 Å². The zero-order chi connectivity index (χ0) is 12.5. The molecule has 3 N–H and O–H groups in total. The minimum absolute atomic E-state index is 0.0703. The van der Waals surface area contributed by atoms with E-state index in [1.807, 2.05) is 6.07 Å². The number of amidine groups is 1. The lowest BCUT2D eigenvalue weighted by atomic mass is 10.1. The van der Waals surface area contributed by atoms with Gasteiger partial charge in [-0.15, -0.1) is 0 Å². The monoisotopic (exact) mass is 243 g/mol. The number of hydrogen-bond acceptors (Lipinski definition) is 4. The Balaban J connectivity index is 2.22. The van der Waals surface area contributed by atoms with Crippen molar-refractivity contribution >= 4 is 5.84 Å². The number of oxime groups is 1. The van der Waals surface area contributed by atoms with Crippen LogP contribution in [0.1, 0.15) is 23.2 Å². The zero-order valence-electron chi connectivity index (χ0n) is 9.74. The van der Waals surface area contributed by atoms with Crippen molar-refractivity contribution < 1.29 is 5.21 Å². The van der Waals surface area contributed by atoms with Gasteiger partial charge in [-0.1, -0.05) is 5.16 Å². The number of nitrogens with two attached hydrogens (primary N) is 1. The van der Waals surface area contributed by atoms with E-state index in [0.29, 0.717) is 11.4 Å². The van der Waals surface area contributed by atoms with Crippen LogP contribution in [0.4, 0.5) is 0 Å². The number of pyridine rings is 1. The summed E-state index contributed by atoms with van der Waals surface area (Å²) in [6.07, 6.45) is 8.19. The first-order valence-corrected chi connectivity index (χ1v) is 5.78. The third kappa shape index (κ3) is 1.62. The molecule has 2 aromatic rings. The van der Waals surface area contributed by atoms with Gasteiger partial charge in [0.25, 0.3) is 0 Å². The van der Waals surface area contributed by atoms with E-state index in [2.05, 4.69) is 15.1 Å². The van der Waals surface area contributed by atoms with Crippen LogP contribution >= 0.6 is 0 Å². The van der Waals surface area contributed by atoms with Gasteiger partial charge in [-0.2, -0.15) is 0 Å². The molecule has 1 aliphatic rings. The normalized spacial score (nSPS) is 14.8. The van der Waals surface area contributed by atoms with Crippen LogP contribution in [0.3, 0.4) is 0 Å². The minimum atomic E-state index is 0.0703. The summed E-state index contributed by atoms with van der Waals surface area (Å²) in [7, 11) is 0. The summed E-state index contributed by atoms with van der Waals surface area (Å²) in [6.45, 7) is 0. The highest BCUT2D eigenvalue weighted by molar-refractivity contribution is 6.00. The molecule has 1 aliphatic carbocycles. The van der Waals surface area contributed by atoms with E-state index >= 15 is 0 Å². The van der Waals surface area contributed by atoms with Gasteiger partial charge in [0.1, 0.15) is 12.1 Å². The molecule has 6 heteroatoms. The lowest BCUT2D eigenvalue weighted by Gasteiger charge is -2.10. The smallest absolute Gasteiger partial charge is 0.173 e. The maximum absolute atomic E-state index is 8.87. The van der Waals surface area contributed by atoms with Gasteiger partial charge in [0, 0.05) is 18.1 Å². The van der Waals surface area contributed by atoms with Crippen molar-refractivity contribution in [2.45, 2.75) is 19.3 Å². The molecule has 2 heterocycles. The summed E-state index contributed by atoms with van der Waals surface area (Å²) in [6, 6.07) is 1.96. The maximum atomic E-state index is 8.87. The minimum Gasteiger partial charge on any atom is -0.409 e. The first-order valence-electron chi connectivity index (χ1n) is 5.78. The molecule has 2 aromatic heterocycles. The zero-order valence-corrected chi connectivity index (χ0v) is 9.74. The Labute approximate surface area is 104 Å². The molecule has 0 unspecified atom stereocenters. The van der Waals surface area contributed by atoms with Crippen LogP contribution in [0.2, 0.25) is 0 Å². The molecular weight excluding hydrogens is 230 g/mol. The molecule has 0 atom stereocenters. The number of hydrogen-bond donors (Lipinski definition) is 2. The molecule has 6 nitrogen and oxygen atoms in total. The lowest BCUT2D eigenvalue weighted by Crippen LogP contribution is -2.18. The average molecular weight is 243 g/mol. The summed E-state index contributed by atoms with van der Waals surface area (Å²) in [4.78, 5) is 8.61. The SMILES string of the molecule is NC(=NO)c1cc2c(nc1-n1ccnc1)CCC2. The first-order chi connectivity index (χ1) is 8.79. The third-order valence-corrected chi connectivity index (χ3v) is 3.16. The van der Waals surface area contributed by atoms with Crippen LogP contribution in [0, 0.1) is 0 Å². The van der Waals surface area contributed by atoms with Crippen molar-refractivity contribution in [3.8, 4) is 5.82 Å². The number of rotatable bonds is 2. The van der Waals surface area contributed by atoms with Gasteiger partial charge in [-0.05, 0) is 30.9 Å². The largest absolute Gasteiger partial charge is 0.409 e. The van der Waals surface area contributed by atoms with E-state index in [4.69, 9.17) is 10.9 Å². The van der Waals surface area contributed by atoms with Gasteiger partial charge in [-0.25, -0.2) is 9.97 Å². The Kier molecular flexibility index (Phi) is 2.47. The fourth-order valence-corrected chi connectivity index (χ4v) is 2.28.